The number of aromatic nitrogens is 2. The van der Waals surface area contributed by atoms with Crippen molar-refractivity contribution in [1.29, 1.82) is 0 Å². The molecule has 1 amide bonds. The van der Waals surface area contributed by atoms with E-state index in [0.717, 1.165) is 49.7 Å². The van der Waals surface area contributed by atoms with Gasteiger partial charge >= 0.3 is 0 Å². The number of ether oxygens (including phenoxy) is 1. The minimum atomic E-state index is -0.0283. The van der Waals surface area contributed by atoms with Crippen LogP contribution in [0.4, 0.5) is 5.13 Å². The molecule has 0 radical (unpaired) electrons. The smallest absolute Gasteiger partial charge is 0.230 e. The molecule has 2 aromatic heterocycles. The average Bonchev–Trinajstić information content (AvgIpc) is 3.28. The van der Waals surface area contributed by atoms with Gasteiger partial charge in [0.15, 0.2) is 0 Å². The molecule has 136 valence electrons. The van der Waals surface area contributed by atoms with E-state index in [4.69, 9.17) is 9.15 Å². The van der Waals surface area contributed by atoms with Crippen molar-refractivity contribution in [3.05, 3.63) is 29.2 Å². The fraction of sp³-hybridized carbons (Fsp3) is 0.588. The van der Waals surface area contributed by atoms with Gasteiger partial charge < -0.3 is 14.5 Å². The fourth-order valence-corrected chi connectivity index (χ4v) is 3.68. The van der Waals surface area contributed by atoms with Crippen molar-refractivity contribution in [2.75, 3.05) is 31.6 Å². The number of carbonyl (C=O) groups excluding carboxylic acids is 1. The number of nitrogens with zero attached hydrogens (tertiary/aromatic N) is 3. The Bertz CT molecular complexity index is 659. The maximum absolute atomic E-state index is 12.5. The summed E-state index contributed by atoms with van der Waals surface area (Å²) in [5.74, 6) is 0.931. The van der Waals surface area contributed by atoms with Crippen molar-refractivity contribution in [3.8, 4) is 0 Å². The summed E-state index contributed by atoms with van der Waals surface area (Å²) >= 11 is 1.42. The Morgan fingerprint density at radius 1 is 1.52 bits per heavy atom. The minimum absolute atomic E-state index is 0.0247. The molecule has 3 rings (SSSR count). The molecular formula is C17H24N4O3S. The molecule has 0 aliphatic carbocycles. The lowest BCUT2D eigenvalue weighted by molar-refractivity contribution is -0.121. The maximum atomic E-state index is 12.5. The standard InChI is InChI=1S/C17H24N4O3S/c1-2-23-10-7-15-19-20-17(25-15)18-16(22)13-5-3-8-21(11-13)12-14-6-4-9-24-14/h4,6,9,13H,2-3,5,7-8,10-12H2,1H3,(H,18,20,22). The van der Waals surface area contributed by atoms with Crippen LogP contribution in [-0.2, 0) is 22.5 Å². The van der Waals surface area contributed by atoms with Gasteiger partial charge in [0.05, 0.1) is 25.3 Å². The first-order valence-corrected chi connectivity index (χ1v) is 9.52. The van der Waals surface area contributed by atoms with Crippen molar-refractivity contribution in [1.82, 2.24) is 15.1 Å². The lowest BCUT2D eigenvalue weighted by Gasteiger charge is -2.31. The Morgan fingerprint density at radius 3 is 3.24 bits per heavy atom. The van der Waals surface area contributed by atoms with Crippen LogP contribution in [0.1, 0.15) is 30.5 Å². The molecule has 2 aromatic rings. The van der Waals surface area contributed by atoms with Gasteiger partial charge in [0, 0.05) is 19.6 Å². The lowest BCUT2D eigenvalue weighted by Crippen LogP contribution is -2.40. The fourth-order valence-electron chi connectivity index (χ4n) is 2.95. The number of carbonyl (C=O) groups is 1. The second kappa shape index (κ2) is 9.07. The molecule has 0 spiro atoms. The molecule has 1 saturated heterocycles. The van der Waals surface area contributed by atoms with Gasteiger partial charge in [-0.15, -0.1) is 10.2 Å². The molecule has 8 heteroatoms. The molecule has 0 bridgehead atoms. The van der Waals surface area contributed by atoms with Gasteiger partial charge in [0.1, 0.15) is 10.8 Å². The maximum Gasteiger partial charge on any atom is 0.230 e. The van der Waals surface area contributed by atoms with E-state index in [0.29, 0.717) is 18.3 Å². The quantitative estimate of drug-likeness (QED) is 0.725. The van der Waals surface area contributed by atoms with Gasteiger partial charge in [0.2, 0.25) is 11.0 Å². The van der Waals surface area contributed by atoms with Crippen LogP contribution in [0.25, 0.3) is 0 Å². The highest BCUT2D eigenvalue weighted by molar-refractivity contribution is 7.15. The average molecular weight is 364 g/mol. The molecule has 1 fully saturated rings. The third-order valence-electron chi connectivity index (χ3n) is 4.20. The van der Waals surface area contributed by atoms with Crippen molar-refractivity contribution in [3.63, 3.8) is 0 Å². The van der Waals surface area contributed by atoms with Crippen molar-refractivity contribution in [2.24, 2.45) is 5.92 Å². The van der Waals surface area contributed by atoms with E-state index in [-0.39, 0.29) is 11.8 Å². The van der Waals surface area contributed by atoms with Crippen molar-refractivity contribution >= 4 is 22.4 Å². The van der Waals surface area contributed by atoms with Crippen LogP contribution in [0.3, 0.4) is 0 Å². The highest BCUT2D eigenvalue weighted by atomic mass is 32.1. The van der Waals surface area contributed by atoms with Gasteiger partial charge in [-0.3, -0.25) is 9.69 Å². The van der Waals surface area contributed by atoms with Crippen LogP contribution < -0.4 is 5.32 Å². The van der Waals surface area contributed by atoms with Crippen LogP contribution >= 0.6 is 11.3 Å². The molecule has 1 atom stereocenters. The lowest BCUT2D eigenvalue weighted by atomic mass is 9.97. The van der Waals surface area contributed by atoms with Crippen LogP contribution in [0.15, 0.2) is 22.8 Å². The summed E-state index contributed by atoms with van der Waals surface area (Å²) in [6.45, 7) is 5.76. The van der Waals surface area contributed by atoms with E-state index in [1.807, 2.05) is 19.1 Å². The van der Waals surface area contributed by atoms with Crippen LogP contribution in [-0.4, -0.2) is 47.3 Å². The number of likely N-dealkylation sites (tertiary alicyclic amines) is 1. The van der Waals surface area contributed by atoms with Crippen LogP contribution in [0, 0.1) is 5.92 Å². The molecule has 25 heavy (non-hydrogen) atoms. The van der Waals surface area contributed by atoms with E-state index in [2.05, 4.69) is 20.4 Å². The highest BCUT2D eigenvalue weighted by Crippen LogP contribution is 2.22. The summed E-state index contributed by atoms with van der Waals surface area (Å²) in [4.78, 5) is 14.8. The first-order chi connectivity index (χ1) is 12.2. The Hall–Kier alpha value is -1.77. The summed E-state index contributed by atoms with van der Waals surface area (Å²) in [5, 5.41) is 12.5. The van der Waals surface area contributed by atoms with Gasteiger partial charge in [-0.2, -0.15) is 0 Å². The predicted molar refractivity (Wildman–Crippen MR) is 95.4 cm³/mol. The number of hydrogen-bond donors (Lipinski definition) is 1. The summed E-state index contributed by atoms with van der Waals surface area (Å²) in [5.41, 5.74) is 0. The summed E-state index contributed by atoms with van der Waals surface area (Å²) in [6, 6.07) is 3.86. The Balaban J connectivity index is 1.48. The molecule has 1 aliphatic rings. The van der Waals surface area contributed by atoms with Gasteiger partial charge in [-0.05, 0) is 38.4 Å². The SMILES string of the molecule is CCOCCc1nnc(NC(=O)C2CCCN(Cc3ccco3)C2)s1. The van der Waals surface area contributed by atoms with E-state index in [1.165, 1.54) is 11.3 Å². The normalized spacial score (nSPS) is 18.4. The number of hydrogen-bond acceptors (Lipinski definition) is 7. The largest absolute Gasteiger partial charge is 0.468 e. The molecule has 7 nitrogen and oxygen atoms in total. The van der Waals surface area contributed by atoms with Crippen LogP contribution in [0.2, 0.25) is 0 Å². The van der Waals surface area contributed by atoms with E-state index >= 15 is 0 Å². The Labute approximate surface area is 151 Å². The second-order valence-corrected chi connectivity index (χ2v) is 7.15. The number of amides is 1. The summed E-state index contributed by atoms with van der Waals surface area (Å²) in [7, 11) is 0. The molecular weight excluding hydrogens is 340 g/mol. The van der Waals surface area contributed by atoms with E-state index in [9.17, 15) is 4.79 Å². The van der Waals surface area contributed by atoms with Gasteiger partial charge in [-0.25, -0.2) is 0 Å². The number of furan rings is 1. The Kier molecular flexibility index (Phi) is 6.55. The predicted octanol–water partition coefficient (Wildman–Crippen LogP) is 2.56. The van der Waals surface area contributed by atoms with Crippen molar-refractivity contribution in [2.45, 2.75) is 32.7 Å². The van der Waals surface area contributed by atoms with Crippen LogP contribution in [0.5, 0.6) is 0 Å². The number of rotatable bonds is 8. The van der Waals surface area contributed by atoms with Gasteiger partial charge in [-0.1, -0.05) is 11.3 Å². The summed E-state index contributed by atoms with van der Waals surface area (Å²) in [6.07, 6.45) is 4.31. The second-order valence-electron chi connectivity index (χ2n) is 6.09. The Morgan fingerprint density at radius 2 is 2.44 bits per heavy atom. The number of anilines is 1. The number of nitrogens with one attached hydrogen (secondary N) is 1. The molecule has 3 heterocycles. The zero-order valence-corrected chi connectivity index (χ0v) is 15.3. The molecule has 1 aliphatic heterocycles. The summed E-state index contributed by atoms with van der Waals surface area (Å²) < 4.78 is 10.7. The monoisotopic (exact) mass is 364 g/mol. The molecule has 0 aromatic carbocycles. The highest BCUT2D eigenvalue weighted by Gasteiger charge is 2.27. The molecule has 1 unspecified atom stereocenters. The minimum Gasteiger partial charge on any atom is -0.468 e. The zero-order chi connectivity index (χ0) is 17.5. The van der Waals surface area contributed by atoms with E-state index in [1.54, 1.807) is 6.26 Å². The third kappa shape index (κ3) is 5.35. The topological polar surface area (TPSA) is 80.5 Å². The zero-order valence-electron chi connectivity index (χ0n) is 14.4. The van der Waals surface area contributed by atoms with Crippen molar-refractivity contribution < 1.29 is 13.9 Å². The molecule has 0 saturated carbocycles. The first kappa shape index (κ1) is 18.0. The van der Waals surface area contributed by atoms with Gasteiger partial charge in [0.25, 0.3) is 0 Å². The third-order valence-corrected chi connectivity index (χ3v) is 5.10. The van der Waals surface area contributed by atoms with E-state index < -0.39 is 0 Å². The molecule has 1 N–H and O–H groups in total. The number of piperidine rings is 1. The first-order valence-electron chi connectivity index (χ1n) is 8.70.